The van der Waals surface area contributed by atoms with E-state index < -0.39 is 11.9 Å². The highest BCUT2D eigenvalue weighted by Gasteiger charge is 2.44. The summed E-state index contributed by atoms with van der Waals surface area (Å²) < 4.78 is 0. The summed E-state index contributed by atoms with van der Waals surface area (Å²) in [5.74, 6) is -0.0663. The summed E-state index contributed by atoms with van der Waals surface area (Å²) in [4.78, 5) is 24.1. The molecule has 2 aliphatic carbocycles. The summed E-state index contributed by atoms with van der Waals surface area (Å²) in [5, 5.41) is 35.3. The quantitative estimate of drug-likeness (QED) is 0.271. The predicted molar refractivity (Wildman–Crippen MR) is 181 cm³/mol. The number of rotatable bonds is 4. The number of carboxylic acids is 2. The fourth-order valence-electron chi connectivity index (χ4n) is 8.70. The number of carboxylic acid groups (broad SMARTS) is 2. The number of aliphatic carboxylic acids is 2. The Morgan fingerprint density at radius 2 is 1.04 bits per heavy atom. The van der Waals surface area contributed by atoms with Gasteiger partial charge in [-0.25, -0.2) is 9.59 Å². The van der Waals surface area contributed by atoms with Crippen molar-refractivity contribution in [1.82, 2.24) is 9.80 Å². The number of hydrogen-bond acceptors (Lipinski definition) is 6. The van der Waals surface area contributed by atoms with E-state index in [4.69, 9.17) is 10.2 Å². The lowest BCUT2D eigenvalue weighted by molar-refractivity contribution is -0.134. The summed E-state index contributed by atoms with van der Waals surface area (Å²) in [6.45, 7) is 4.83. The van der Waals surface area contributed by atoms with E-state index in [1.165, 1.54) is 114 Å². The van der Waals surface area contributed by atoms with Crippen molar-refractivity contribution in [3.05, 3.63) is 71.8 Å². The van der Waals surface area contributed by atoms with E-state index in [-0.39, 0.29) is 0 Å². The summed E-state index contributed by atoms with van der Waals surface area (Å²) >= 11 is 0. The molecule has 0 bridgehead atoms. The van der Waals surface area contributed by atoms with E-state index in [9.17, 15) is 19.8 Å². The van der Waals surface area contributed by atoms with Crippen LogP contribution in [0.3, 0.4) is 0 Å². The van der Waals surface area contributed by atoms with E-state index in [1.54, 1.807) is 12.1 Å². The zero-order valence-electron chi connectivity index (χ0n) is 27.7. The van der Waals surface area contributed by atoms with Crippen molar-refractivity contribution in [2.45, 2.75) is 87.9 Å². The van der Waals surface area contributed by atoms with Gasteiger partial charge in [0.15, 0.2) is 0 Å². The highest BCUT2D eigenvalue weighted by Crippen LogP contribution is 2.50. The molecular formula is C38H54N2O6. The average Bonchev–Trinajstić information content (AvgIpc) is 3.33. The lowest BCUT2D eigenvalue weighted by Gasteiger charge is -2.44. The minimum Gasteiger partial charge on any atom is -0.508 e. The van der Waals surface area contributed by atoms with Crippen LogP contribution in [0.15, 0.2) is 60.7 Å². The molecule has 2 aromatic rings. The summed E-state index contributed by atoms with van der Waals surface area (Å²) in [6.07, 6.45) is 17.0. The first kappa shape index (κ1) is 35.5. The van der Waals surface area contributed by atoms with Crippen LogP contribution in [-0.2, 0) is 20.4 Å². The smallest absolute Gasteiger partial charge is 0.328 e. The Balaban J connectivity index is 0.000000170. The molecule has 4 fully saturated rings. The predicted octanol–water partition coefficient (Wildman–Crippen LogP) is 6.80. The molecule has 2 aromatic carbocycles. The van der Waals surface area contributed by atoms with Crippen molar-refractivity contribution in [3.8, 4) is 11.5 Å². The molecule has 2 aliphatic heterocycles. The third-order valence-electron chi connectivity index (χ3n) is 11.2. The molecule has 252 valence electrons. The second-order valence-corrected chi connectivity index (χ2v) is 14.0. The van der Waals surface area contributed by atoms with Gasteiger partial charge in [0.2, 0.25) is 0 Å². The second-order valence-electron chi connectivity index (χ2n) is 14.0. The molecule has 8 nitrogen and oxygen atoms in total. The van der Waals surface area contributed by atoms with Crippen LogP contribution in [0.5, 0.6) is 11.5 Å². The fourth-order valence-corrected chi connectivity index (χ4v) is 8.70. The zero-order valence-corrected chi connectivity index (χ0v) is 27.7. The SMILES string of the molecule is CN1CCC2CCCCC2(c2cccc(O)c2)CC1.CN1CCC2CCCCC2(c2cccc(O)c2)CC1.O=C(O)/C=C\C(=O)O. The van der Waals surface area contributed by atoms with Gasteiger partial charge in [0.1, 0.15) is 11.5 Å². The number of nitrogens with zero attached hydrogens (tertiary/aromatic N) is 2. The van der Waals surface area contributed by atoms with E-state index in [0.717, 1.165) is 11.8 Å². The number of carbonyl (C=O) groups is 2. The summed E-state index contributed by atoms with van der Waals surface area (Å²) in [7, 11) is 4.49. The average molecular weight is 635 g/mol. The van der Waals surface area contributed by atoms with Gasteiger partial charge in [-0.3, -0.25) is 0 Å². The third kappa shape index (κ3) is 9.13. The van der Waals surface area contributed by atoms with Crippen LogP contribution in [0.1, 0.15) is 88.2 Å². The van der Waals surface area contributed by atoms with E-state index in [2.05, 4.69) is 36.0 Å². The molecule has 2 saturated heterocycles. The first-order valence-electron chi connectivity index (χ1n) is 17.1. The topological polar surface area (TPSA) is 122 Å². The lowest BCUT2D eigenvalue weighted by atomic mass is 9.60. The molecule has 4 aliphatic rings. The second kappa shape index (κ2) is 16.5. The van der Waals surface area contributed by atoms with Gasteiger partial charge in [0.25, 0.3) is 0 Å². The molecule has 0 spiro atoms. The van der Waals surface area contributed by atoms with Crippen LogP contribution in [0, 0.1) is 11.8 Å². The molecule has 6 rings (SSSR count). The molecule has 46 heavy (non-hydrogen) atoms. The Morgan fingerprint density at radius 1 is 0.630 bits per heavy atom. The van der Waals surface area contributed by atoms with Gasteiger partial charge in [0, 0.05) is 12.2 Å². The van der Waals surface area contributed by atoms with E-state index >= 15 is 0 Å². The van der Waals surface area contributed by atoms with Gasteiger partial charge in [0.05, 0.1) is 0 Å². The number of fused-ring (bicyclic) bond motifs is 2. The van der Waals surface area contributed by atoms with Gasteiger partial charge in [-0.1, -0.05) is 49.9 Å². The van der Waals surface area contributed by atoms with Crippen LogP contribution in [0.2, 0.25) is 0 Å². The van der Waals surface area contributed by atoms with Crippen molar-refractivity contribution in [2.75, 3.05) is 40.3 Å². The van der Waals surface area contributed by atoms with E-state index in [0.29, 0.717) is 34.5 Å². The lowest BCUT2D eigenvalue weighted by Crippen LogP contribution is -2.38. The Labute approximate surface area is 274 Å². The molecule has 8 heteroatoms. The molecular weight excluding hydrogens is 580 g/mol. The number of phenolic OH excluding ortho intramolecular Hbond substituents is 2. The maximum absolute atomic E-state index is 9.84. The van der Waals surface area contributed by atoms with Gasteiger partial charge in [-0.15, -0.1) is 0 Å². The van der Waals surface area contributed by atoms with Crippen molar-refractivity contribution in [3.63, 3.8) is 0 Å². The van der Waals surface area contributed by atoms with Crippen LogP contribution in [-0.4, -0.2) is 82.4 Å². The number of phenols is 2. The Hall–Kier alpha value is -3.36. The zero-order chi connectivity index (χ0) is 33.2. The van der Waals surface area contributed by atoms with Crippen molar-refractivity contribution in [2.24, 2.45) is 11.8 Å². The fraction of sp³-hybridized carbons (Fsp3) is 0.579. The molecule has 4 atom stereocenters. The van der Waals surface area contributed by atoms with Crippen LogP contribution in [0.4, 0.5) is 0 Å². The summed E-state index contributed by atoms with van der Waals surface area (Å²) in [5.41, 5.74) is 3.41. The maximum Gasteiger partial charge on any atom is 0.328 e. The molecule has 0 aromatic heterocycles. The Kier molecular flexibility index (Phi) is 12.7. The highest BCUT2D eigenvalue weighted by molar-refractivity contribution is 5.89. The first-order valence-corrected chi connectivity index (χ1v) is 17.1. The standard InChI is InChI=1S/2C17H25NO.C4H4O4/c2*1-18-11-8-14-5-2-3-9-17(14,10-12-18)15-6-4-7-16(19)13-15;5-3(6)1-2-4(7)8/h2*4,6-7,13-14,19H,2-3,5,8-12H2,1H3;1-2H,(H,5,6)(H,7,8)/b;;2-1-. The number of likely N-dealkylation sites (tertiary alicyclic amines) is 2. The minimum atomic E-state index is -1.26. The van der Waals surface area contributed by atoms with Crippen molar-refractivity contribution >= 4 is 11.9 Å². The Morgan fingerprint density at radius 3 is 1.41 bits per heavy atom. The molecule has 0 radical (unpaired) electrons. The monoisotopic (exact) mass is 634 g/mol. The van der Waals surface area contributed by atoms with Crippen LogP contribution >= 0.6 is 0 Å². The first-order chi connectivity index (χ1) is 22.0. The van der Waals surface area contributed by atoms with Gasteiger partial charge < -0.3 is 30.2 Å². The van der Waals surface area contributed by atoms with Gasteiger partial charge >= 0.3 is 11.9 Å². The van der Waals surface area contributed by atoms with Gasteiger partial charge in [-0.2, -0.15) is 0 Å². The van der Waals surface area contributed by atoms with Crippen molar-refractivity contribution in [1.29, 1.82) is 0 Å². The normalized spacial score (nSPS) is 28.6. The molecule has 2 saturated carbocycles. The Bertz CT molecular complexity index is 1230. The molecule has 4 N–H and O–H groups in total. The number of hydrogen-bond donors (Lipinski definition) is 4. The largest absolute Gasteiger partial charge is 0.508 e. The van der Waals surface area contributed by atoms with E-state index in [1.807, 2.05) is 24.3 Å². The van der Waals surface area contributed by atoms with Crippen molar-refractivity contribution < 1.29 is 30.0 Å². The number of aromatic hydroxyl groups is 2. The molecule has 0 amide bonds. The third-order valence-corrected chi connectivity index (χ3v) is 11.2. The van der Waals surface area contributed by atoms with Crippen LogP contribution in [0.25, 0.3) is 0 Å². The highest BCUT2D eigenvalue weighted by atomic mass is 16.4. The van der Waals surface area contributed by atoms with Crippen LogP contribution < -0.4 is 0 Å². The minimum absolute atomic E-state index is 0.321. The number of benzene rings is 2. The summed E-state index contributed by atoms with van der Waals surface area (Å²) in [6, 6.07) is 16.1. The molecule has 4 unspecified atom stereocenters. The maximum atomic E-state index is 9.84. The molecule has 2 heterocycles. The van der Waals surface area contributed by atoms with Gasteiger partial charge in [-0.05, 0) is 150 Å².